The number of rotatable bonds is 6. The molecule has 1 fully saturated rings. The van der Waals surface area contributed by atoms with Gasteiger partial charge in [0.1, 0.15) is 5.82 Å². The minimum atomic E-state index is -0.998. The molecule has 2 atom stereocenters. The van der Waals surface area contributed by atoms with Crippen molar-refractivity contribution in [1.29, 1.82) is 0 Å². The van der Waals surface area contributed by atoms with Crippen molar-refractivity contribution in [3.63, 3.8) is 0 Å². The van der Waals surface area contributed by atoms with Crippen LogP contribution >= 0.6 is 0 Å². The van der Waals surface area contributed by atoms with Gasteiger partial charge in [-0.3, -0.25) is 9.88 Å². The van der Waals surface area contributed by atoms with Crippen molar-refractivity contribution in [2.45, 2.75) is 25.4 Å². The van der Waals surface area contributed by atoms with Crippen LogP contribution in [0.4, 0.5) is 5.82 Å². The van der Waals surface area contributed by atoms with Crippen molar-refractivity contribution in [3.05, 3.63) is 60.1 Å². The van der Waals surface area contributed by atoms with Gasteiger partial charge in [0.05, 0.1) is 18.1 Å². The molecule has 1 aliphatic rings. The topological polar surface area (TPSA) is 78.4 Å². The zero-order valence-electron chi connectivity index (χ0n) is 14.2. The van der Waals surface area contributed by atoms with Crippen LogP contribution in [0.3, 0.4) is 0 Å². The summed E-state index contributed by atoms with van der Waals surface area (Å²) >= 11 is 0. The van der Waals surface area contributed by atoms with E-state index in [4.69, 9.17) is 5.11 Å². The smallest absolute Gasteiger partial charge is 0.328 e. The van der Waals surface area contributed by atoms with Gasteiger partial charge in [-0.05, 0) is 25.0 Å². The highest BCUT2D eigenvalue weighted by molar-refractivity contribution is 5.84. The molecular weight excluding hydrogens is 316 g/mol. The lowest BCUT2D eigenvalue weighted by Gasteiger charge is -2.24. The number of carboxylic acids is 1. The Hall–Kier alpha value is -2.73. The highest BCUT2D eigenvalue weighted by Gasteiger charge is 2.26. The maximum atomic E-state index is 10.5. The molecule has 2 heterocycles. The van der Waals surface area contributed by atoms with Gasteiger partial charge in [-0.2, -0.15) is 0 Å². The number of likely N-dealkylation sites (tertiary alicyclic amines) is 1. The van der Waals surface area contributed by atoms with Gasteiger partial charge in [-0.25, -0.2) is 9.78 Å². The molecule has 0 saturated carbocycles. The van der Waals surface area contributed by atoms with Crippen molar-refractivity contribution in [1.82, 2.24) is 14.9 Å². The van der Waals surface area contributed by atoms with Gasteiger partial charge in [-0.15, -0.1) is 0 Å². The maximum Gasteiger partial charge on any atom is 0.328 e. The molecule has 6 heteroatoms. The summed E-state index contributed by atoms with van der Waals surface area (Å²) in [6.07, 6.45) is 6.75. The van der Waals surface area contributed by atoms with Crippen molar-refractivity contribution < 1.29 is 9.90 Å². The molecule has 3 rings (SSSR count). The van der Waals surface area contributed by atoms with E-state index in [0.29, 0.717) is 23.6 Å². The SMILES string of the molecule is CC(c1ccccc1)N1CC[C@@H](Nc2cnc(/C=C/C(=O)O)cn2)C1. The number of carboxylic acid groups (broad SMARTS) is 1. The van der Waals surface area contributed by atoms with Gasteiger partial charge >= 0.3 is 5.97 Å². The molecule has 1 aliphatic heterocycles. The van der Waals surface area contributed by atoms with E-state index in [-0.39, 0.29) is 0 Å². The van der Waals surface area contributed by atoms with E-state index in [9.17, 15) is 4.79 Å². The third-order valence-electron chi connectivity index (χ3n) is 4.47. The number of nitrogens with one attached hydrogen (secondary N) is 1. The highest BCUT2D eigenvalue weighted by Crippen LogP contribution is 2.25. The summed E-state index contributed by atoms with van der Waals surface area (Å²) in [6, 6.07) is 11.3. The molecule has 25 heavy (non-hydrogen) atoms. The second kappa shape index (κ2) is 7.90. The van der Waals surface area contributed by atoms with Crippen molar-refractivity contribution >= 4 is 17.9 Å². The first-order valence-electron chi connectivity index (χ1n) is 8.40. The fourth-order valence-corrected chi connectivity index (χ4v) is 3.06. The average molecular weight is 338 g/mol. The first kappa shape index (κ1) is 17.1. The normalized spacial score (nSPS) is 19.2. The molecule has 2 N–H and O–H groups in total. The molecule has 1 aromatic heterocycles. The number of carbonyl (C=O) groups is 1. The zero-order valence-corrected chi connectivity index (χ0v) is 14.2. The van der Waals surface area contributed by atoms with Crippen LogP contribution in [0.1, 0.15) is 30.6 Å². The Morgan fingerprint density at radius 3 is 2.80 bits per heavy atom. The molecule has 0 aliphatic carbocycles. The lowest BCUT2D eigenvalue weighted by atomic mass is 10.1. The summed E-state index contributed by atoms with van der Waals surface area (Å²) < 4.78 is 0. The Morgan fingerprint density at radius 2 is 2.12 bits per heavy atom. The number of benzene rings is 1. The van der Waals surface area contributed by atoms with E-state index in [1.165, 1.54) is 11.6 Å². The lowest BCUT2D eigenvalue weighted by Crippen LogP contribution is -2.28. The molecular formula is C19H22N4O2. The van der Waals surface area contributed by atoms with E-state index < -0.39 is 5.97 Å². The summed E-state index contributed by atoms with van der Waals surface area (Å²) in [4.78, 5) is 21.5. The van der Waals surface area contributed by atoms with Crippen LogP contribution in [0.5, 0.6) is 0 Å². The monoisotopic (exact) mass is 338 g/mol. The van der Waals surface area contributed by atoms with Gasteiger partial charge in [-0.1, -0.05) is 30.3 Å². The molecule has 0 radical (unpaired) electrons. The van der Waals surface area contributed by atoms with Gasteiger partial charge in [0.15, 0.2) is 0 Å². The lowest BCUT2D eigenvalue weighted by molar-refractivity contribution is -0.131. The minimum absolute atomic E-state index is 0.334. The maximum absolute atomic E-state index is 10.5. The fraction of sp³-hybridized carbons (Fsp3) is 0.316. The number of anilines is 1. The zero-order chi connectivity index (χ0) is 17.6. The van der Waals surface area contributed by atoms with Gasteiger partial charge < -0.3 is 10.4 Å². The van der Waals surface area contributed by atoms with Gasteiger partial charge in [0.25, 0.3) is 0 Å². The number of aliphatic carboxylic acids is 1. The van der Waals surface area contributed by atoms with Crippen LogP contribution in [-0.4, -0.2) is 45.1 Å². The first-order valence-corrected chi connectivity index (χ1v) is 8.40. The van der Waals surface area contributed by atoms with E-state index in [1.54, 1.807) is 12.4 Å². The Labute approximate surface area is 147 Å². The molecule has 1 aromatic carbocycles. The first-order chi connectivity index (χ1) is 12.1. The fourth-order valence-electron chi connectivity index (χ4n) is 3.06. The standard InChI is InChI=1S/C19H22N4O2/c1-14(15-5-3-2-4-6-15)23-10-9-17(13-23)22-18-12-20-16(11-21-18)7-8-19(24)25/h2-8,11-12,14,17H,9-10,13H2,1H3,(H,21,22)(H,24,25)/b8-7+/t14?,17-/m1/s1. The van der Waals surface area contributed by atoms with E-state index in [1.807, 2.05) is 6.07 Å². The average Bonchev–Trinajstić information content (AvgIpc) is 3.09. The van der Waals surface area contributed by atoms with Crippen molar-refractivity contribution in [3.8, 4) is 0 Å². The number of nitrogens with zero attached hydrogens (tertiary/aromatic N) is 3. The molecule has 130 valence electrons. The summed E-state index contributed by atoms with van der Waals surface area (Å²) in [5.41, 5.74) is 1.86. The van der Waals surface area contributed by atoms with E-state index in [2.05, 4.69) is 51.4 Å². The predicted molar refractivity (Wildman–Crippen MR) is 97.2 cm³/mol. The quantitative estimate of drug-likeness (QED) is 0.789. The van der Waals surface area contributed by atoms with Crippen LogP contribution in [0.2, 0.25) is 0 Å². The highest BCUT2D eigenvalue weighted by atomic mass is 16.4. The number of hydrogen-bond acceptors (Lipinski definition) is 5. The third-order valence-corrected chi connectivity index (χ3v) is 4.47. The number of aromatic nitrogens is 2. The third kappa shape index (κ3) is 4.64. The Bertz CT molecular complexity index is 731. The second-order valence-electron chi connectivity index (χ2n) is 6.21. The summed E-state index contributed by atoms with van der Waals surface area (Å²) in [6.45, 7) is 4.24. The summed E-state index contributed by atoms with van der Waals surface area (Å²) in [5, 5.41) is 12.0. The van der Waals surface area contributed by atoms with Crippen molar-refractivity contribution in [2.75, 3.05) is 18.4 Å². The van der Waals surface area contributed by atoms with Gasteiger partial charge in [0, 0.05) is 31.2 Å². The van der Waals surface area contributed by atoms with Crippen LogP contribution in [0, 0.1) is 0 Å². The minimum Gasteiger partial charge on any atom is -0.478 e. The van der Waals surface area contributed by atoms with Gasteiger partial charge in [0.2, 0.25) is 0 Å². The molecule has 2 aromatic rings. The Balaban J connectivity index is 1.55. The molecule has 0 bridgehead atoms. The molecule has 0 spiro atoms. The molecule has 0 amide bonds. The van der Waals surface area contributed by atoms with Crippen LogP contribution < -0.4 is 5.32 Å². The molecule has 1 unspecified atom stereocenters. The largest absolute Gasteiger partial charge is 0.478 e. The second-order valence-corrected chi connectivity index (χ2v) is 6.21. The van der Waals surface area contributed by atoms with E-state index >= 15 is 0 Å². The van der Waals surface area contributed by atoms with Crippen molar-refractivity contribution in [2.24, 2.45) is 0 Å². The van der Waals surface area contributed by atoms with Crippen LogP contribution in [0.25, 0.3) is 6.08 Å². The van der Waals surface area contributed by atoms with Crippen LogP contribution in [-0.2, 0) is 4.79 Å². The summed E-state index contributed by atoms with van der Waals surface area (Å²) in [7, 11) is 0. The number of hydrogen-bond donors (Lipinski definition) is 2. The van der Waals surface area contributed by atoms with E-state index in [0.717, 1.165) is 25.6 Å². The van der Waals surface area contributed by atoms with Crippen LogP contribution in [0.15, 0.2) is 48.8 Å². The molecule has 1 saturated heterocycles. The Kier molecular flexibility index (Phi) is 5.40. The Morgan fingerprint density at radius 1 is 1.32 bits per heavy atom. The predicted octanol–water partition coefficient (Wildman–Crippen LogP) is 2.82. The molecule has 6 nitrogen and oxygen atoms in total. The summed E-state index contributed by atoms with van der Waals surface area (Å²) in [5.74, 6) is -0.283.